The van der Waals surface area contributed by atoms with E-state index in [0.29, 0.717) is 43.7 Å². The van der Waals surface area contributed by atoms with Crippen molar-refractivity contribution in [1.82, 2.24) is 0 Å². The molecule has 3 aliphatic heterocycles. The van der Waals surface area contributed by atoms with E-state index in [1.165, 1.54) is 62.3 Å². The van der Waals surface area contributed by atoms with Gasteiger partial charge in [-0.15, -0.1) is 6.58 Å². The molecule has 3 fully saturated rings. The number of halogens is 4. The van der Waals surface area contributed by atoms with E-state index < -0.39 is 145 Å². The van der Waals surface area contributed by atoms with Gasteiger partial charge in [0.1, 0.15) is 0 Å². The van der Waals surface area contributed by atoms with Crippen molar-refractivity contribution in [2.75, 3.05) is 6.61 Å². The van der Waals surface area contributed by atoms with Gasteiger partial charge in [-0.05, 0) is 63.7 Å². The molecule has 0 spiro atoms. The third kappa shape index (κ3) is 22.1. The summed E-state index contributed by atoms with van der Waals surface area (Å²) >= 11 is 21.9. The quantitative estimate of drug-likeness (QED) is 0.0314. The first-order valence-corrected chi connectivity index (χ1v) is 29.4. The van der Waals surface area contributed by atoms with Crippen LogP contribution in [0.25, 0.3) is 0 Å². The lowest BCUT2D eigenvalue weighted by Gasteiger charge is -2.43. The smallest absolute Gasteiger partial charge is 0.305 e. The van der Waals surface area contributed by atoms with Crippen LogP contribution in [0.15, 0.2) is 67.3 Å². The molecular formula is C60H76BBrCl3O23-. The lowest BCUT2D eigenvalue weighted by atomic mass is 9.86. The highest BCUT2D eigenvalue weighted by molar-refractivity contribution is 9.08. The molecule has 0 radical (unpaired) electrons. The van der Waals surface area contributed by atoms with Crippen molar-refractivity contribution in [1.29, 1.82) is 0 Å². The van der Waals surface area contributed by atoms with Crippen LogP contribution < -0.4 is 0 Å². The average molecular weight is 1360 g/mol. The molecule has 3 aromatic rings. The number of aliphatic hydroxyl groups is 1. The fourth-order valence-corrected chi connectivity index (χ4v) is 10.9. The van der Waals surface area contributed by atoms with Crippen molar-refractivity contribution in [2.24, 2.45) is 17.8 Å². The molecule has 0 amide bonds. The Morgan fingerprint density at radius 2 is 0.716 bits per heavy atom. The number of alkyl halides is 1. The number of aliphatic hydroxyl groups excluding tert-OH is 1. The van der Waals surface area contributed by atoms with Crippen molar-refractivity contribution in [2.45, 2.75) is 175 Å². The highest BCUT2D eigenvalue weighted by Crippen LogP contribution is 2.44. The van der Waals surface area contributed by atoms with Crippen molar-refractivity contribution in [3.63, 3.8) is 0 Å². The predicted molar refractivity (Wildman–Crippen MR) is 323 cm³/mol. The molecule has 3 saturated heterocycles. The zero-order valence-corrected chi connectivity index (χ0v) is 53.8. The summed E-state index contributed by atoms with van der Waals surface area (Å²) in [5, 5.41) is 11.5. The highest BCUT2D eigenvalue weighted by Gasteiger charge is 2.53. The highest BCUT2D eigenvalue weighted by atomic mass is 79.9. The number of carbonyl (C=O) groups excluding carboxylic acids is 9. The summed E-state index contributed by atoms with van der Waals surface area (Å²) in [6.07, 6.45) is -10.1. The Morgan fingerprint density at radius 3 is 0.989 bits per heavy atom. The van der Waals surface area contributed by atoms with Gasteiger partial charge in [0, 0.05) is 100 Å². The molecule has 1 N–H and O–H groups in total. The van der Waals surface area contributed by atoms with Gasteiger partial charge >= 0.3 is 53.7 Å². The third-order valence-electron chi connectivity index (χ3n) is 13.3. The average Bonchev–Trinajstić information content (AvgIpc) is 2.29. The molecule has 6 rings (SSSR count). The standard InChI is InChI=1S/C22H27ClO8.C19H22BrClO7.C19H23ClO8.BH4/c1-6-9-27-11-17-10-16(7-8-18(17)23)19-12(2)20(28-13(3)24)21(29-14(4)25)22(31-19)30-15(5)26;1-9-16(13-5-6-15(21)14(7-13)8-20)28-19(27-12(4)24)18(26-11(3)23)17(9)25-10(2)22;1-9-16(13-5-6-15(20)14(7-13)8-21)28-19(27-12(4)24)18(26-11(3)23)17(9)25-10(2)22;/h6-8,10,12,19-22H,1,9,11H2,2-5H3;5-7,9,16-19H,8H2,1-4H3;5-7,9,16-19,21H,8H2,1-4H3;1H4/q;;;-1/t12-,19+,20+,21-,22?;2*9-,16+,17+,18-,19?;/m000./s1. The first-order valence-electron chi connectivity index (χ1n) is 27.1. The van der Waals surface area contributed by atoms with Crippen LogP contribution in [0.1, 0.15) is 135 Å². The minimum absolute atomic E-state index is 0. The van der Waals surface area contributed by atoms with E-state index in [-0.39, 0.29) is 21.6 Å². The number of esters is 9. The number of benzene rings is 3. The number of hydrogen-bond donors (Lipinski definition) is 1. The molecule has 0 bridgehead atoms. The maximum absolute atomic E-state index is 11.8. The summed E-state index contributed by atoms with van der Waals surface area (Å²) in [5.41, 5.74) is 4.19. The predicted octanol–water partition coefficient (Wildman–Crippen LogP) is 8.04. The molecule has 0 aliphatic carbocycles. The van der Waals surface area contributed by atoms with Gasteiger partial charge in [0.2, 0.25) is 37.2 Å². The lowest BCUT2D eigenvalue weighted by molar-refractivity contribution is -0.283. The molecular weight excluding hydrogens is 1290 g/mol. The van der Waals surface area contributed by atoms with Crippen LogP contribution in [0.4, 0.5) is 0 Å². The van der Waals surface area contributed by atoms with Crippen molar-refractivity contribution >= 4 is 113 Å². The SMILES string of the molecule is C=CCOCc1cc([C@@H]2OC(OC(C)=O)[C@@H](OC(C)=O)[C@H](OC(C)=O)[C@H]2C)ccc1Cl.CC(=O)OC1O[C@@H](c2ccc(Cl)c(CBr)c2)[C@H](C)[C@@H](OC(C)=O)[C@@H]1OC(C)=O.CC(=O)OC1O[C@@H](c2ccc(Cl)c(CO)c2)[C@H](C)[C@@H](OC(C)=O)[C@@H]1OC(C)=O.[BH4-]. The zero-order valence-electron chi connectivity index (χ0n) is 49.9. The molecule has 0 aromatic heterocycles. The molecule has 3 aromatic carbocycles. The van der Waals surface area contributed by atoms with Crippen LogP contribution in [0.5, 0.6) is 0 Å². The summed E-state index contributed by atoms with van der Waals surface area (Å²) in [4.78, 5) is 105. The molecule has 23 nitrogen and oxygen atoms in total. The molecule has 3 heterocycles. The minimum Gasteiger partial charge on any atom is -0.458 e. The molecule has 0 saturated carbocycles. The van der Waals surface area contributed by atoms with E-state index in [1.54, 1.807) is 69.3 Å². The van der Waals surface area contributed by atoms with Gasteiger partial charge in [0.25, 0.3) is 0 Å². The Balaban J connectivity index is 0.000000344. The molecule has 3 unspecified atom stereocenters. The number of ether oxygens (including phenoxy) is 13. The first-order chi connectivity index (χ1) is 40.9. The van der Waals surface area contributed by atoms with Gasteiger partial charge < -0.3 is 66.7 Å². The second-order valence-electron chi connectivity index (χ2n) is 20.3. The third-order valence-corrected chi connectivity index (χ3v) is 15.0. The Morgan fingerprint density at radius 1 is 0.455 bits per heavy atom. The normalized spacial score (nSPS) is 26.1. The molecule has 15 atom stereocenters. The van der Waals surface area contributed by atoms with Crippen LogP contribution in [-0.4, -0.2) is 129 Å². The lowest BCUT2D eigenvalue weighted by Crippen LogP contribution is -2.55. The maximum atomic E-state index is 11.8. The fourth-order valence-electron chi connectivity index (χ4n) is 9.78. The fraction of sp³-hybridized carbons (Fsp3) is 0.517. The van der Waals surface area contributed by atoms with Crippen molar-refractivity contribution in [3.05, 3.63) is 116 Å². The molecule has 88 heavy (non-hydrogen) atoms. The van der Waals surface area contributed by atoms with Crippen LogP contribution in [0.2, 0.25) is 15.1 Å². The van der Waals surface area contributed by atoms with E-state index in [9.17, 15) is 48.3 Å². The Kier molecular flexibility index (Phi) is 31.0. The first kappa shape index (κ1) is 76.1. The summed E-state index contributed by atoms with van der Waals surface area (Å²) in [7, 11) is 0. The second kappa shape index (κ2) is 35.9. The minimum atomic E-state index is -1.28. The van der Waals surface area contributed by atoms with Crippen LogP contribution in [0, 0.1) is 17.8 Å². The van der Waals surface area contributed by atoms with Gasteiger partial charge in [-0.25, -0.2) is 0 Å². The summed E-state index contributed by atoms with van der Waals surface area (Å²) in [6.45, 7) is 20.3. The van der Waals surface area contributed by atoms with Gasteiger partial charge in [-0.3, -0.25) is 43.2 Å². The van der Waals surface area contributed by atoms with E-state index >= 15 is 0 Å². The Bertz CT molecular complexity index is 2820. The van der Waals surface area contributed by atoms with E-state index in [0.717, 1.165) is 16.7 Å². The van der Waals surface area contributed by atoms with Crippen LogP contribution >= 0.6 is 50.7 Å². The summed E-state index contributed by atoms with van der Waals surface area (Å²) in [6, 6.07) is 15.6. The topological polar surface area (TPSA) is 294 Å². The summed E-state index contributed by atoms with van der Waals surface area (Å²) < 4.78 is 71.3. The molecule has 3 aliphatic rings. The number of carbonyl (C=O) groups is 9. The number of rotatable bonds is 18. The van der Waals surface area contributed by atoms with E-state index in [4.69, 9.17) is 96.4 Å². The van der Waals surface area contributed by atoms with Gasteiger partial charge in [-0.1, -0.05) is 110 Å². The van der Waals surface area contributed by atoms with Crippen molar-refractivity contribution in [3.8, 4) is 0 Å². The van der Waals surface area contributed by atoms with Gasteiger partial charge in [0.15, 0.2) is 18.3 Å². The number of hydrogen-bond acceptors (Lipinski definition) is 23. The van der Waals surface area contributed by atoms with Crippen LogP contribution in [0.3, 0.4) is 0 Å². The van der Waals surface area contributed by atoms with Gasteiger partial charge in [-0.2, -0.15) is 0 Å². The maximum Gasteiger partial charge on any atom is 0.305 e. The summed E-state index contributed by atoms with van der Waals surface area (Å²) in [5.74, 6) is -6.76. The van der Waals surface area contributed by atoms with E-state index in [2.05, 4.69) is 22.5 Å². The molecule has 28 heteroatoms. The largest absolute Gasteiger partial charge is 0.458 e. The van der Waals surface area contributed by atoms with E-state index in [1.807, 2.05) is 12.1 Å². The monoisotopic (exact) mass is 1360 g/mol. The Labute approximate surface area is 535 Å². The van der Waals surface area contributed by atoms with Crippen molar-refractivity contribution < 1.29 is 110 Å². The molecule has 486 valence electrons. The zero-order chi connectivity index (χ0) is 65.1. The van der Waals surface area contributed by atoms with Gasteiger partial charge in [0.05, 0.1) is 38.1 Å². The second-order valence-corrected chi connectivity index (χ2v) is 22.1. The Hall–Kier alpha value is -6.16. The van der Waals surface area contributed by atoms with Crippen LogP contribution in [-0.2, 0) is 123 Å².